The maximum atomic E-state index is 13.0. The van der Waals surface area contributed by atoms with Crippen molar-refractivity contribution in [3.05, 3.63) is 63.9 Å². The number of aryl methyl sites for hydroxylation is 2. The average Bonchev–Trinajstić information content (AvgIpc) is 2.56. The zero-order valence-corrected chi connectivity index (χ0v) is 14.7. The number of fused-ring (bicyclic) bond motifs is 1. The first-order valence-corrected chi connectivity index (χ1v) is 8.67. The van der Waals surface area contributed by atoms with Crippen LogP contribution in [-0.2, 0) is 4.79 Å². The minimum atomic E-state index is -0.116. The summed E-state index contributed by atoms with van der Waals surface area (Å²) in [5.41, 5.74) is 3.57. The van der Waals surface area contributed by atoms with Gasteiger partial charge in [-0.15, -0.1) is 0 Å². The number of hydrogen-bond donors (Lipinski definition) is 0. The summed E-state index contributed by atoms with van der Waals surface area (Å²) >= 11 is 1.29. The number of carbonyl (C=O) groups excluding carboxylic acids is 1. The number of hydrogen-bond acceptors (Lipinski definition) is 4. The molecule has 0 aliphatic rings. The smallest absolute Gasteiger partial charge is 0.266 e. The molecule has 0 saturated heterocycles. The number of nitrogens with zero attached hydrogens (tertiary/aromatic N) is 2. The molecule has 122 valence electrons. The first kappa shape index (κ1) is 16.5. The molecular formula is C19H18N2O2S. The minimum Gasteiger partial charge on any atom is -0.299 e. The van der Waals surface area contributed by atoms with E-state index in [4.69, 9.17) is 0 Å². The van der Waals surface area contributed by atoms with Crippen molar-refractivity contribution in [3.63, 3.8) is 0 Å². The van der Waals surface area contributed by atoms with Gasteiger partial charge >= 0.3 is 0 Å². The molecule has 3 aromatic rings. The highest BCUT2D eigenvalue weighted by atomic mass is 32.2. The van der Waals surface area contributed by atoms with Crippen molar-refractivity contribution >= 4 is 28.4 Å². The largest absolute Gasteiger partial charge is 0.299 e. The molecule has 0 fully saturated rings. The highest BCUT2D eigenvalue weighted by molar-refractivity contribution is 7.99. The van der Waals surface area contributed by atoms with E-state index in [0.717, 1.165) is 11.3 Å². The SMILES string of the molecule is CC(=O)CSc1nc2ccccc2c(=O)n1-c1ccc(C)c(C)c1. The van der Waals surface area contributed by atoms with E-state index in [1.165, 1.54) is 24.2 Å². The Balaban J connectivity index is 2.27. The van der Waals surface area contributed by atoms with Crippen molar-refractivity contribution < 1.29 is 4.79 Å². The molecule has 5 heteroatoms. The third-order valence-corrected chi connectivity index (χ3v) is 4.98. The molecule has 1 aromatic heterocycles. The predicted molar refractivity (Wildman–Crippen MR) is 98.2 cm³/mol. The van der Waals surface area contributed by atoms with Crippen molar-refractivity contribution in [1.29, 1.82) is 0 Å². The van der Waals surface area contributed by atoms with Crippen LogP contribution in [0, 0.1) is 13.8 Å². The van der Waals surface area contributed by atoms with Crippen LogP contribution in [0.1, 0.15) is 18.1 Å². The number of ketones is 1. The summed E-state index contributed by atoms with van der Waals surface area (Å²) in [6.45, 7) is 5.58. The second kappa shape index (κ2) is 6.61. The Hall–Kier alpha value is -2.40. The van der Waals surface area contributed by atoms with Crippen LogP contribution in [0.4, 0.5) is 0 Å². The van der Waals surface area contributed by atoms with E-state index in [0.29, 0.717) is 16.1 Å². The zero-order valence-electron chi connectivity index (χ0n) is 13.9. The van der Waals surface area contributed by atoms with Crippen molar-refractivity contribution in [1.82, 2.24) is 9.55 Å². The number of aromatic nitrogens is 2. The summed E-state index contributed by atoms with van der Waals surface area (Å²) in [5, 5.41) is 1.11. The molecule has 0 bridgehead atoms. The molecule has 24 heavy (non-hydrogen) atoms. The fourth-order valence-electron chi connectivity index (χ4n) is 2.47. The van der Waals surface area contributed by atoms with Gasteiger partial charge in [-0.3, -0.25) is 14.2 Å². The van der Waals surface area contributed by atoms with Crippen LogP contribution < -0.4 is 5.56 Å². The number of para-hydroxylation sites is 1. The number of carbonyl (C=O) groups is 1. The van der Waals surface area contributed by atoms with Gasteiger partial charge in [-0.2, -0.15) is 0 Å². The lowest BCUT2D eigenvalue weighted by molar-refractivity contribution is -0.114. The molecular weight excluding hydrogens is 320 g/mol. The van der Waals surface area contributed by atoms with E-state index in [1.54, 1.807) is 10.6 Å². The van der Waals surface area contributed by atoms with Crippen LogP contribution in [0.5, 0.6) is 0 Å². The lowest BCUT2D eigenvalue weighted by atomic mass is 10.1. The molecule has 0 aliphatic heterocycles. The lowest BCUT2D eigenvalue weighted by Gasteiger charge is -2.14. The Labute approximate surface area is 144 Å². The van der Waals surface area contributed by atoms with Crippen molar-refractivity contribution in [2.45, 2.75) is 25.9 Å². The molecule has 0 N–H and O–H groups in total. The van der Waals surface area contributed by atoms with Crippen LogP contribution in [0.2, 0.25) is 0 Å². The van der Waals surface area contributed by atoms with Crippen LogP contribution >= 0.6 is 11.8 Å². The standard InChI is InChI=1S/C19H18N2O2S/c1-12-8-9-15(10-13(12)2)21-18(23)16-6-4-5-7-17(16)20-19(21)24-11-14(3)22/h4-10H,11H2,1-3H3. The second-order valence-corrected chi connectivity index (χ2v) is 6.75. The predicted octanol–water partition coefficient (Wildman–Crippen LogP) is 3.68. The van der Waals surface area contributed by atoms with E-state index < -0.39 is 0 Å². The summed E-state index contributed by atoms with van der Waals surface area (Å²) in [4.78, 5) is 29.0. The molecule has 0 aliphatic carbocycles. The number of benzene rings is 2. The average molecular weight is 338 g/mol. The molecule has 0 atom stereocenters. The molecule has 4 nitrogen and oxygen atoms in total. The molecule has 2 aromatic carbocycles. The van der Waals surface area contributed by atoms with Crippen molar-refractivity contribution in [3.8, 4) is 5.69 Å². The molecule has 3 rings (SSSR count). The van der Waals surface area contributed by atoms with Gasteiger partial charge in [0.15, 0.2) is 5.16 Å². The Morgan fingerprint density at radius 3 is 2.58 bits per heavy atom. The molecule has 0 saturated carbocycles. The Morgan fingerprint density at radius 2 is 1.88 bits per heavy atom. The van der Waals surface area contributed by atoms with Crippen LogP contribution in [0.3, 0.4) is 0 Å². The Morgan fingerprint density at radius 1 is 1.12 bits per heavy atom. The van der Waals surface area contributed by atoms with Crippen molar-refractivity contribution in [2.75, 3.05) is 5.75 Å². The minimum absolute atomic E-state index is 0.0500. The van der Waals surface area contributed by atoms with Gasteiger partial charge in [-0.05, 0) is 56.2 Å². The summed E-state index contributed by atoms with van der Waals surface area (Å²) in [5.74, 6) is 0.337. The third-order valence-electron chi connectivity index (χ3n) is 3.90. The van der Waals surface area contributed by atoms with Crippen LogP contribution in [-0.4, -0.2) is 21.1 Å². The summed E-state index contributed by atoms with van der Waals surface area (Å²) < 4.78 is 1.60. The highest BCUT2D eigenvalue weighted by Crippen LogP contribution is 2.22. The summed E-state index contributed by atoms with van der Waals surface area (Å²) in [6, 6.07) is 13.2. The molecule has 0 unspecified atom stereocenters. The summed E-state index contributed by atoms with van der Waals surface area (Å²) in [6.07, 6.45) is 0. The number of Topliss-reactive ketones (excluding diaryl/α,β-unsaturated/α-hetero) is 1. The maximum absolute atomic E-state index is 13.0. The van der Waals surface area contributed by atoms with Gasteiger partial charge in [0, 0.05) is 0 Å². The monoisotopic (exact) mass is 338 g/mol. The summed E-state index contributed by atoms with van der Waals surface area (Å²) in [7, 11) is 0. The fraction of sp³-hybridized carbons (Fsp3) is 0.211. The van der Waals surface area contributed by atoms with Crippen LogP contribution in [0.15, 0.2) is 52.4 Å². The van der Waals surface area contributed by atoms with Gasteiger partial charge < -0.3 is 0 Å². The molecule has 0 spiro atoms. The van der Waals surface area contributed by atoms with Gasteiger partial charge in [-0.25, -0.2) is 4.98 Å². The van der Waals surface area contributed by atoms with E-state index in [-0.39, 0.29) is 17.1 Å². The number of thioether (sulfide) groups is 1. The second-order valence-electron chi connectivity index (χ2n) is 5.81. The Bertz CT molecular complexity index is 992. The lowest BCUT2D eigenvalue weighted by Crippen LogP contribution is -2.22. The van der Waals surface area contributed by atoms with Crippen molar-refractivity contribution in [2.24, 2.45) is 0 Å². The van der Waals surface area contributed by atoms with E-state index in [9.17, 15) is 9.59 Å². The first-order chi connectivity index (χ1) is 11.5. The topological polar surface area (TPSA) is 52.0 Å². The van der Waals surface area contributed by atoms with E-state index >= 15 is 0 Å². The van der Waals surface area contributed by atoms with Gasteiger partial charge in [0.25, 0.3) is 5.56 Å². The molecule has 0 amide bonds. The van der Waals surface area contributed by atoms with Gasteiger partial charge in [0.2, 0.25) is 0 Å². The van der Waals surface area contributed by atoms with Gasteiger partial charge in [0.1, 0.15) is 5.78 Å². The zero-order chi connectivity index (χ0) is 17.3. The maximum Gasteiger partial charge on any atom is 0.266 e. The molecule has 0 radical (unpaired) electrons. The van der Waals surface area contributed by atoms with E-state index in [1.807, 2.05) is 50.2 Å². The third kappa shape index (κ3) is 3.12. The first-order valence-electron chi connectivity index (χ1n) is 7.69. The van der Waals surface area contributed by atoms with Crippen LogP contribution in [0.25, 0.3) is 16.6 Å². The Kier molecular flexibility index (Phi) is 4.53. The quantitative estimate of drug-likeness (QED) is 0.538. The molecule has 1 heterocycles. The highest BCUT2D eigenvalue weighted by Gasteiger charge is 2.14. The fourth-order valence-corrected chi connectivity index (χ4v) is 3.28. The number of rotatable bonds is 4. The van der Waals surface area contributed by atoms with E-state index in [2.05, 4.69) is 4.98 Å². The van der Waals surface area contributed by atoms with Gasteiger partial charge in [0.05, 0.1) is 22.3 Å². The normalized spacial score (nSPS) is 11.0. The van der Waals surface area contributed by atoms with Gasteiger partial charge in [-0.1, -0.05) is 30.0 Å².